The number of ether oxygens (including phenoxy) is 1. The van der Waals surface area contributed by atoms with Gasteiger partial charge in [-0.3, -0.25) is 9.59 Å². The molecule has 0 spiro atoms. The van der Waals surface area contributed by atoms with Crippen LogP contribution in [0.1, 0.15) is 12.1 Å². The van der Waals surface area contributed by atoms with Crippen molar-refractivity contribution in [2.75, 3.05) is 23.9 Å². The third kappa shape index (κ3) is 3.34. The van der Waals surface area contributed by atoms with Crippen LogP contribution in [0.15, 0.2) is 29.6 Å². The van der Waals surface area contributed by atoms with Crippen molar-refractivity contribution in [2.45, 2.75) is 13.3 Å². The van der Waals surface area contributed by atoms with Crippen molar-refractivity contribution in [3.63, 3.8) is 0 Å². The lowest BCUT2D eigenvalue weighted by Gasteiger charge is -2.16. The summed E-state index contributed by atoms with van der Waals surface area (Å²) in [7, 11) is 1.59. The van der Waals surface area contributed by atoms with Crippen LogP contribution in [0.2, 0.25) is 0 Å². The average molecular weight is 331 g/mol. The summed E-state index contributed by atoms with van der Waals surface area (Å²) in [6.45, 7) is 2.25. The molecule has 23 heavy (non-hydrogen) atoms. The first kappa shape index (κ1) is 15.5. The van der Waals surface area contributed by atoms with Gasteiger partial charge in [-0.2, -0.15) is 0 Å². The first-order valence-electron chi connectivity index (χ1n) is 7.24. The molecule has 2 aromatic rings. The molecule has 0 aliphatic carbocycles. The summed E-state index contributed by atoms with van der Waals surface area (Å²) in [5, 5.41) is 5.23. The van der Waals surface area contributed by atoms with E-state index in [-0.39, 0.29) is 24.2 Å². The number of benzene rings is 1. The summed E-state index contributed by atoms with van der Waals surface area (Å²) < 4.78 is 5.11. The van der Waals surface area contributed by atoms with Crippen molar-refractivity contribution in [3.05, 3.63) is 35.3 Å². The quantitative estimate of drug-likeness (QED) is 0.934. The second-order valence-electron chi connectivity index (χ2n) is 5.39. The van der Waals surface area contributed by atoms with Gasteiger partial charge < -0.3 is 15.0 Å². The van der Waals surface area contributed by atoms with Crippen LogP contribution in [0.25, 0.3) is 0 Å². The highest BCUT2D eigenvalue weighted by Gasteiger charge is 2.35. The van der Waals surface area contributed by atoms with E-state index in [0.29, 0.717) is 11.7 Å². The number of thiazole rings is 1. The van der Waals surface area contributed by atoms with E-state index in [1.54, 1.807) is 24.1 Å². The number of carbonyl (C=O) groups is 2. The Morgan fingerprint density at radius 1 is 1.39 bits per heavy atom. The molecule has 0 radical (unpaired) electrons. The Bertz CT molecular complexity index is 726. The predicted octanol–water partition coefficient (Wildman–Crippen LogP) is 2.45. The zero-order chi connectivity index (χ0) is 16.4. The second-order valence-corrected chi connectivity index (χ2v) is 6.24. The van der Waals surface area contributed by atoms with Gasteiger partial charge in [-0.15, -0.1) is 11.3 Å². The van der Waals surface area contributed by atoms with Gasteiger partial charge in [0, 0.05) is 24.0 Å². The lowest BCUT2D eigenvalue weighted by molar-refractivity contribution is -0.122. The minimum absolute atomic E-state index is 0.0503. The maximum absolute atomic E-state index is 12.3. The van der Waals surface area contributed by atoms with E-state index in [9.17, 15) is 9.59 Å². The minimum Gasteiger partial charge on any atom is -0.497 e. The molecular formula is C16H17N3O3S. The summed E-state index contributed by atoms with van der Waals surface area (Å²) >= 11 is 1.38. The summed E-state index contributed by atoms with van der Waals surface area (Å²) in [6.07, 6.45) is 0.211. The molecule has 0 bridgehead atoms. The number of rotatable bonds is 4. The number of amides is 2. The highest BCUT2D eigenvalue weighted by atomic mass is 32.1. The molecule has 1 aromatic heterocycles. The molecular weight excluding hydrogens is 314 g/mol. The third-order valence-corrected chi connectivity index (χ3v) is 4.60. The first-order valence-corrected chi connectivity index (χ1v) is 8.12. The zero-order valence-corrected chi connectivity index (χ0v) is 13.7. The summed E-state index contributed by atoms with van der Waals surface area (Å²) in [6, 6.07) is 7.24. The van der Waals surface area contributed by atoms with Gasteiger partial charge in [0.05, 0.1) is 18.7 Å². The topological polar surface area (TPSA) is 71.5 Å². The molecule has 1 fully saturated rings. The number of anilines is 2. The lowest BCUT2D eigenvalue weighted by Crippen LogP contribution is -2.28. The van der Waals surface area contributed by atoms with Gasteiger partial charge in [0.25, 0.3) is 0 Å². The van der Waals surface area contributed by atoms with Crippen molar-refractivity contribution in [3.8, 4) is 5.75 Å². The largest absolute Gasteiger partial charge is 0.497 e. The van der Waals surface area contributed by atoms with Gasteiger partial charge in [0.15, 0.2) is 5.13 Å². The number of aryl methyl sites for hydroxylation is 1. The number of methoxy groups -OCH3 is 1. The molecule has 1 aliphatic heterocycles. The maximum atomic E-state index is 12.3. The number of hydrogen-bond donors (Lipinski definition) is 1. The van der Waals surface area contributed by atoms with Gasteiger partial charge in [-0.1, -0.05) is 0 Å². The third-order valence-electron chi connectivity index (χ3n) is 3.73. The van der Waals surface area contributed by atoms with E-state index in [2.05, 4.69) is 10.3 Å². The molecule has 1 atom stereocenters. The molecule has 1 aromatic carbocycles. The number of nitrogens with one attached hydrogen (secondary N) is 1. The van der Waals surface area contributed by atoms with Crippen molar-refractivity contribution in [1.29, 1.82) is 0 Å². The van der Waals surface area contributed by atoms with E-state index in [1.165, 1.54) is 11.3 Å². The Morgan fingerprint density at radius 3 is 2.74 bits per heavy atom. The predicted molar refractivity (Wildman–Crippen MR) is 88.9 cm³/mol. The molecule has 2 heterocycles. The number of hydrogen-bond acceptors (Lipinski definition) is 5. The summed E-state index contributed by atoms with van der Waals surface area (Å²) in [5.41, 5.74) is 1.64. The number of aromatic nitrogens is 1. The fourth-order valence-corrected chi connectivity index (χ4v) is 3.20. The Labute approximate surface area is 138 Å². The number of nitrogens with zero attached hydrogens (tertiary/aromatic N) is 2. The monoisotopic (exact) mass is 331 g/mol. The molecule has 1 N–H and O–H groups in total. The van der Waals surface area contributed by atoms with Gasteiger partial charge in [-0.25, -0.2) is 4.98 Å². The molecule has 2 amide bonds. The van der Waals surface area contributed by atoms with Crippen molar-refractivity contribution >= 4 is 34.0 Å². The summed E-state index contributed by atoms with van der Waals surface area (Å²) in [5.74, 6) is 0.150. The molecule has 3 rings (SSSR count). The van der Waals surface area contributed by atoms with Gasteiger partial charge in [0.1, 0.15) is 5.75 Å². The summed E-state index contributed by atoms with van der Waals surface area (Å²) in [4.78, 5) is 30.4. The van der Waals surface area contributed by atoms with Crippen LogP contribution in [0.4, 0.5) is 10.8 Å². The van der Waals surface area contributed by atoms with Crippen molar-refractivity contribution < 1.29 is 14.3 Å². The second kappa shape index (κ2) is 6.37. The standard InChI is InChI=1S/C16H17N3O3S/c1-10-9-23-16(17-10)18-15(21)11-7-14(20)19(8-11)12-3-5-13(22-2)6-4-12/h3-6,9,11H,7-8H2,1-2H3,(H,17,18,21)/t11-/m0/s1. The van der Waals surface area contributed by atoms with E-state index in [1.807, 2.05) is 24.4 Å². The highest BCUT2D eigenvalue weighted by molar-refractivity contribution is 7.13. The van der Waals surface area contributed by atoms with E-state index in [0.717, 1.165) is 17.1 Å². The Hall–Kier alpha value is -2.41. The minimum atomic E-state index is -0.367. The van der Waals surface area contributed by atoms with Gasteiger partial charge in [-0.05, 0) is 31.2 Å². The lowest BCUT2D eigenvalue weighted by atomic mass is 10.1. The number of carbonyl (C=O) groups excluding carboxylic acids is 2. The highest BCUT2D eigenvalue weighted by Crippen LogP contribution is 2.27. The maximum Gasteiger partial charge on any atom is 0.231 e. The van der Waals surface area contributed by atoms with Crippen LogP contribution in [0, 0.1) is 12.8 Å². The van der Waals surface area contributed by atoms with Crippen LogP contribution < -0.4 is 15.0 Å². The van der Waals surface area contributed by atoms with E-state index in [4.69, 9.17) is 4.74 Å². The van der Waals surface area contributed by atoms with E-state index >= 15 is 0 Å². The Kier molecular flexibility index (Phi) is 4.29. The fourth-order valence-electron chi connectivity index (χ4n) is 2.51. The van der Waals surface area contributed by atoms with Crippen molar-refractivity contribution in [2.24, 2.45) is 5.92 Å². The van der Waals surface area contributed by atoms with Crippen LogP contribution in [0.3, 0.4) is 0 Å². The van der Waals surface area contributed by atoms with Gasteiger partial charge >= 0.3 is 0 Å². The van der Waals surface area contributed by atoms with Crippen LogP contribution in [-0.4, -0.2) is 30.5 Å². The van der Waals surface area contributed by atoms with E-state index < -0.39 is 0 Å². The molecule has 1 saturated heterocycles. The molecule has 1 aliphatic rings. The Balaban J connectivity index is 1.67. The average Bonchev–Trinajstić information content (AvgIpc) is 3.13. The molecule has 7 heteroatoms. The molecule has 6 nitrogen and oxygen atoms in total. The fraction of sp³-hybridized carbons (Fsp3) is 0.312. The molecule has 0 unspecified atom stereocenters. The normalized spacial score (nSPS) is 17.4. The molecule has 0 saturated carbocycles. The zero-order valence-electron chi connectivity index (χ0n) is 12.9. The SMILES string of the molecule is COc1ccc(N2C[C@@H](C(=O)Nc3nc(C)cs3)CC2=O)cc1. The molecule has 120 valence electrons. The van der Waals surface area contributed by atoms with Crippen molar-refractivity contribution in [1.82, 2.24) is 4.98 Å². The van der Waals surface area contributed by atoms with Crippen LogP contribution >= 0.6 is 11.3 Å². The Morgan fingerprint density at radius 2 is 2.13 bits per heavy atom. The first-order chi connectivity index (χ1) is 11.1. The smallest absolute Gasteiger partial charge is 0.231 e. The van der Waals surface area contributed by atoms with Crippen LogP contribution in [0.5, 0.6) is 5.75 Å². The van der Waals surface area contributed by atoms with Gasteiger partial charge in [0.2, 0.25) is 11.8 Å². The van der Waals surface area contributed by atoms with Crippen LogP contribution in [-0.2, 0) is 9.59 Å².